The monoisotopic (exact) mass is 305 g/mol. The van der Waals surface area contributed by atoms with Crippen molar-refractivity contribution >= 4 is 28.2 Å². The summed E-state index contributed by atoms with van der Waals surface area (Å²) in [6, 6.07) is 3.53. The number of carbonyl (C=O) groups is 2. The van der Waals surface area contributed by atoms with Crippen LogP contribution in [0.4, 0.5) is 5.00 Å². The van der Waals surface area contributed by atoms with Gasteiger partial charge >= 0.3 is 5.97 Å². The van der Waals surface area contributed by atoms with Gasteiger partial charge in [-0.15, -0.1) is 11.3 Å². The fourth-order valence-corrected chi connectivity index (χ4v) is 3.29. The van der Waals surface area contributed by atoms with Crippen LogP contribution in [0.25, 0.3) is 0 Å². The number of anilines is 1. The fraction of sp³-hybridized carbons (Fsp3) is 0.357. The van der Waals surface area contributed by atoms with Crippen LogP contribution in [0.3, 0.4) is 0 Å². The molecule has 7 heteroatoms. The van der Waals surface area contributed by atoms with Gasteiger partial charge in [0.1, 0.15) is 0 Å². The van der Waals surface area contributed by atoms with E-state index in [2.05, 4.69) is 10.4 Å². The first kappa shape index (κ1) is 13.8. The smallest absolute Gasteiger partial charge is 0.336 e. The average molecular weight is 305 g/mol. The van der Waals surface area contributed by atoms with Gasteiger partial charge in [-0.1, -0.05) is 12.8 Å². The topological polar surface area (TPSA) is 84.2 Å². The third-order valence-electron chi connectivity index (χ3n) is 3.62. The van der Waals surface area contributed by atoms with Crippen molar-refractivity contribution in [1.29, 1.82) is 0 Å². The lowest BCUT2D eigenvalue weighted by molar-refractivity contribution is 0.0697. The minimum Gasteiger partial charge on any atom is -0.478 e. The van der Waals surface area contributed by atoms with E-state index in [4.69, 9.17) is 5.11 Å². The van der Waals surface area contributed by atoms with Crippen molar-refractivity contribution in [1.82, 2.24) is 9.78 Å². The molecule has 21 heavy (non-hydrogen) atoms. The lowest BCUT2D eigenvalue weighted by Crippen LogP contribution is -2.13. The number of hydrogen-bond donors (Lipinski definition) is 2. The SMILES string of the molecule is O=C(O)c1csc(NC(=O)c2ccn(C3CCCC3)n2)c1. The Kier molecular flexibility index (Phi) is 3.74. The Bertz CT molecular complexity index is 671. The van der Waals surface area contributed by atoms with E-state index in [1.165, 1.54) is 35.6 Å². The highest BCUT2D eigenvalue weighted by Crippen LogP contribution is 2.28. The zero-order chi connectivity index (χ0) is 14.8. The molecule has 0 unspecified atom stereocenters. The molecule has 0 aliphatic heterocycles. The van der Waals surface area contributed by atoms with Gasteiger partial charge in [0.25, 0.3) is 5.91 Å². The van der Waals surface area contributed by atoms with Crippen LogP contribution in [0.15, 0.2) is 23.7 Å². The van der Waals surface area contributed by atoms with E-state index < -0.39 is 5.97 Å². The quantitative estimate of drug-likeness (QED) is 0.909. The second-order valence-electron chi connectivity index (χ2n) is 5.08. The number of aromatic carboxylic acids is 1. The first-order valence-corrected chi connectivity index (χ1v) is 7.70. The molecule has 0 spiro atoms. The Hall–Kier alpha value is -2.15. The zero-order valence-corrected chi connectivity index (χ0v) is 12.1. The lowest BCUT2D eigenvalue weighted by atomic mass is 10.3. The first-order chi connectivity index (χ1) is 10.1. The summed E-state index contributed by atoms with van der Waals surface area (Å²) in [5.41, 5.74) is 0.527. The van der Waals surface area contributed by atoms with Gasteiger partial charge in [0.05, 0.1) is 16.6 Å². The lowest BCUT2D eigenvalue weighted by Gasteiger charge is -2.08. The largest absolute Gasteiger partial charge is 0.478 e. The molecule has 6 nitrogen and oxygen atoms in total. The Balaban J connectivity index is 1.68. The van der Waals surface area contributed by atoms with Crippen molar-refractivity contribution in [3.05, 3.63) is 35.0 Å². The van der Waals surface area contributed by atoms with Gasteiger partial charge in [0, 0.05) is 11.6 Å². The second-order valence-corrected chi connectivity index (χ2v) is 5.99. The number of nitrogens with one attached hydrogen (secondary N) is 1. The number of hydrogen-bond acceptors (Lipinski definition) is 4. The maximum atomic E-state index is 12.1. The minimum atomic E-state index is -1.00. The highest BCUT2D eigenvalue weighted by molar-refractivity contribution is 7.14. The number of carboxylic acid groups (broad SMARTS) is 1. The van der Waals surface area contributed by atoms with Crippen LogP contribution in [0.1, 0.15) is 52.6 Å². The summed E-state index contributed by atoms with van der Waals surface area (Å²) in [6.45, 7) is 0. The van der Waals surface area contributed by atoms with Crippen molar-refractivity contribution in [3.63, 3.8) is 0 Å². The van der Waals surface area contributed by atoms with Crippen LogP contribution >= 0.6 is 11.3 Å². The average Bonchev–Trinajstić information content (AvgIpc) is 3.19. The Morgan fingerprint density at radius 3 is 2.81 bits per heavy atom. The van der Waals surface area contributed by atoms with Gasteiger partial charge in [0.15, 0.2) is 5.69 Å². The van der Waals surface area contributed by atoms with Crippen molar-refractivity contribution in [2.24, 2.45) is 0 Å². The molecule has 0 radical (unpaired) electrons. The molecule has 2 aromatic rings. The molecule has 110 valence electrons. The molecular formula is C14H15N3O3S. The number of thiophene rings is 1. The standard InChI is InChI=1S/C14H15N3O3S/c18-13(15-12-7-9(8-21-12)14(19)20)11-5-6-17(16-11)10-3-1-2-4-10/h5-8,10H,1-4H2,(H,15,18)(H,19,20). The number of aromatic nitrogens is 2. The molecular weight excluding hydrogens is 290 g/mol. The maximum absolute atomic E-state index is 12.1. The molecule has 0 saturated heterocycles. The van der Waals surface area contributed by atoms with Crippen LogP contribution in [-0.2, 0) is 0 Å². The molecule has 1 amide bonds. The number of carbonyl (C=O) groups excluding carboxylic acids is 1. The number of rotatable bonds is 4. The van der Waals surface area contributed by atoms with Crippen molar-refractivity contribution < 1.29 is 14.7 Å². The Labute approximate surface area is 125 Å². The molecule has 0 atom stereocenters. The summed E-state index contributed by atoms with van der Waals surface area (Å²) < 4.78 is 1.86. The van der Waals surface area contributed by atoms with Crippen LogP contribution in [0.2, 0.25) is 0 Å². The Morgan fingerprint density at radius 1 is 1.38 bits per heavy atom. The fourth-order valence-electron chi connectivity index (χ4n) is 2.52. The summed E-state index contributed by atoms with van der Waals surface area (Å²) in [5.74, 6) is -1.32. The van der Waals surface area contributed by atoms with E-state index in [1.807, 2.05) is 10.9 Å². The number of amides is 1. The summed E-state index contributed by atoms with van der Waals surface area (Å²) in [4.78, 5) is 22.9. The highest BCUT2D eigenvalue weighted by Gasteiger charge is 2.19. The predicted octanol–water partition coefficient (Wildman–Crippen LogP) is 3.01. The summed E-state index contributed by atoms with van der Waals surface area (Å²) >= 11 is 1.19. The zero-order valence-electron chi connectivity index (χ0n) is 11.3. The van der Waals surface area contributed by atoms with E-state index in [0.29, 0.717) is 16.7 Å². The third kappa shape index (κ3) is 2.97. The van der Waals surface area contributed by atoms with Gasteiger partial charge in [-0.05, 0) is 25.0 Å². The van der Waals surface area contributed by atoms with Gasteiger partial charge in [-0.2, -0.15) is 5.10 Å². The molecule has 2 aromatic heterocycles. The van der Waals surface area contributed by atoms with E-state index in [-0.39, 0.29) is 11.5 Å². The minimum absolute atomic E-state index is 0.173. The van der Waals surface area contributed by atoms with E-state index in [1.54, 1.807) is 6.07 Å². The molecule has 3 rings (SSSR count). The highest BCUT2D eigenvalue weighted by atomic mass is 32.1. The summed E-state index contributed by atoms with van der Waals surface area (Å²) in [6.07, 6.45) is 6.46. The van der Waals surface area contributed by atoms with E-state index >= 15 is 0 Å². The second kappa shape index (κ2) is 5.69. The number of carboxylic acids is 1. The Morgan fingerprint density at radius 2 is 2.14 bits per heavy atom. The molecule has 1 fully saturated rings. The third-order valence-corrected chi connectivity index (χ3v) is 4.47. The molecule has 0 bridgehead atoms. The number of nitrogens with zero attached hydrogens (tertiary/aromatic N) is 2. The van der Waals surface area contributed by atoms with Crippen molar-refractivity contribution in [2.75, 3.05) is 5.32 Å². The van der Waals surface area contributed by atoms with Gasteiger partial charge < -0.3 is 10.4 Å². The predicted molar refractivity (Wildman–Crippen MR) is 79.0 cm³/mol. The molecule has 1 aliphatic rings. The maximum Gasteiger partial charge on any atom is 0.336 e. The van der Waals surface area contributed by atoms with Crippen molar-refractivity contribution in [2.45, 2.75) is 31.7 Å². The van der Waals surface area contributed by atoms with Crippen LogP contribution in [0.5, 0.6) is 0 Å². The van der Waals surface area contributed by atoms with Crippen LogP contribution < -0.4 is 5.32 Å². The van der Waals surface area contributed by atoms with Crippen LogP contribution in [0, 0.1) is 0 Å². The summed E-state index contributed by atoms with van der Waals surface area (Å²) in [5, 5.41) is 17.9. The van der Waals surface area contributed by atoms with Gasteiger partial charge in [0.2, 0.25) is 0 Å². The first-order valence-electron chi connectivity index (χ1n) is 6.82. The molecule has 1 saturated carbocycles. The van der Waals surface area contributed by atoms with Crippen LogP contribution in [-0.4, -0.2) is 26.8 Å². The molecule has 0 aromatic carbocycles. The summed E-state index contributed by atoms with van der Waals surface area (Å²) in [7, 11) is 0. The molecule has 2 N–H and O–H groups in total. The van der Waals surface area contributed by atoms with Gasteiger partial charge in [-0.25, -0.2) is 4.79 Å². The molecule has 2 heterocycles. The van der Waals surface area contributed by atoms with E-state index in [9.17, 15) is 9.59 Å². The van der Waals surface area contributed by atoms with Crippen molar-refractivity contribution in [3.8, 4) is 0 Å². The van der Waals surface area contributed by atoms with E-state index in [0.717, 1.165) is 12.8 Å². The normalized spacial score (nSPS) is 15.2. The van der Waals surface area contributed by atoms with Gasteiger partial charge in [-0.3, -0.25) is 9.48 Å². The molecule has 1 aliphatic carbocycles.